The zero-order chi connectivity index (χ0) is 14.5. The van der Waals surface area contributed by atoms with Gasteiger partial charge >= 0.3 is 0 Å². The van der Waals surface area contributed by atoms with Crippen LogP contribution in [0.1, 0.15) is 37.6 Å². The molecule has 1 unspecified atom stereocenters. The molecule has 0 bridgehead atoms. The van der Waals surface area contributed by atoms with Gasteiger partial charge in [-0.1, -0.05) is 31.5 Å². The average molecular weight is 312 g/mol. The summed E-state index contributed by atoms with van der Waals surface area (Å²) in [6.45, 7) is 5.35. The average Bonchev–Trinajstić information content (AvgIpc) is 2.92. The Hall–Kier alpha value is -0.900. The minimum atomic E-state index is -0.365. The van der Waals surface area contributed by atoms with Crippen LogP contribution < -0.4 is 5.32 Å². The van der Waals surface area contributed by atoms with Crippen molar-refractivity contribution in [3.05, 3.63) is 46.0 Å². The molecule has 1 heterocycles. The van der Waals surface area contributed by atoms with Crippen LogP contribution in [0.15, 0.2) is 30.3 Å². The van der Waals surface area contributed by atoms with Crippen LogP contribution in [-0.2, 0) is 0 Å². The Morgan fingerprint density at radius 3 is 2.70 bits per heavy atom. The maximum absolute atomic E-state index is 13.5. The molecule has 1 nitrogen and oxygen atoms in total. The number of nitrogens with one attached hydrogen (secondary N) is 1. The Morgan fingerprint density at radius 1 is 1.25 bits per heavy atom. The summed E-state index contributed by atoms with van der Waals surface area (Å²) in [6.07, 6.45) is 2.17. The van der Waals surface area contributed by atoms with Crippen molar-refractivity contribution >= 4 is 22.9 Å². The van der Waals surface area contributed by atoms with Crippen LogP contribution in [0, 0.1) is 5.82 Å². The van der Waals surface area contributed by atoms with Gasteiger partial charge in [0.2, 0.25) is 0 Å². The van der Waals surface area contributed by atoms with Crippen molar-refractivity contribution in [1.82, 2.24) is 5.32 Å². The topological polar surface area (TPSA) is 12.0 Å². The molecule has 2 rings (SSSR count). The van der Waals surface area contributed by atoms with Gasteiger partial charge in [-0.15, -0.1) is 11.3 Å². The van der Waals surface area contributed by atoms with Gasteiger partial charge in [0, 0.05) is 15.8 Å². The summed E-state index contributed by atoms with van der Waals surface area (Å²) >= 11 is 7.43. The van der Waals surface area contributed by atoms with Crippen LogP contribution in [0.2, 0.25) is 5.02 Å². The number of rotatable bonds is 6. The summed E-state index contributed by atoms with van der Waals surface area (Å²) in [5.41, 5.74) is 0.883. The fourth-order valence-corrected chi connectivity index (χ4v) is 3.39. The minimum Gasteiger partial charge on any atom is -0.309 e. The maximum atomic E-state index is 13.5. The van der Waals surface area contributed by atoms with E-state index in [0.717, 1.165) is 29.8 Å². The summed E-state index contributed by atoms with van der Waals surface area (Å²) in [6, 6.07) is 9.53. The van der Waals surface area contributed by atoms with Gasteiger partial charge in [0.05, 0.1) is 5.02 Å². The fraction of sp³-hybridized carbons (Fsp3) is 0.375. The number of hydrogen-bond acceptors (Lipinski definition) is 2. The summed E-state index contributed by atoms with van der Waals surface area (Å²) in [5.74, 6) is -0.365. The Morgan fingerprint density at radius 2 is 2.05 bits per heavy atom. The second-order valence-corrected chi connectivity index (χ2v) is 6.27. The highest BCUT2D eigenvalue weighted by molar-refractivity contribution is 7.15. The number of benzene rings is 1. The first-order valence-corrected chi connectivity index (χ1v) is 8.13. The summed E-state index contributed by atoms with van der Waals surface area (Å²) in [7, 11) is 0. The van der Waals surface area contributed by atoms with Crippen LogP contribution in [-0.4, -0.2) is 6.54 Å². The van der Waals surface area contributed by atoms with E-state index in [1.54, 1.807) is 17.4 Å². The van der Waals surface area contributed by atoms with Crippen molar-refractivity contribution in [2.45, 2.75) is 32.7 Å². The highest BCUT2D eigenvalue weighted by atomic mass is 35.5. The third-order valence-electron chi connectivity index (χ3n) is 3.22. The van der Waals surface area contributed by atoms with Crippen molar-refractivity contribution in [2.24, 2.45) is 0 Å². The van der Waals surface area contributed by atoms with Crippen molar-refractivity contribution in [1.29, 1.82) is 0 Å². The molecule has 1 N–H and O–H groups in total. The lowest BCUT2D eigenvalue weighted by molar-refractivity contribution is 0.525. The van der Waals surface area contributed by atoms with Gasteiger partial charge in [0.15, 0.2) is 0 Å². The van der Waals surface area contributed by atoms with E-state index in [1.807, 2.05) is 6.07 Å². The van der Waals surface area contributed by atoms with E-state index < -0.39 is 0 Å². The molecule has 0 saturated heterocycles. The molecule has 0 radical (unpaired) electrons. The van der Waals surface area contributed by atoms with Gasteiger partial charge in [-0.2, -0.15) is 0 Å². The molecule has 1 aromatic heterocycles. The number of thiophene rings is 1. The van der Waals surface area contributed by atoms with E-state index in [9.17, 15) is 4.39 Å². The molecular weight excluding hydrogens is 293 g/mol. The standard InChI is InChI=1S/C16H19ClFNS/c1-3-9-19-14(4-2)16-8-7-15(20-16)11-5-6-12(17)13(18)10-11/h5-8,10,14,19H,3-4,9H2,1-2H3. The molecule has 0 aliphatic heterocycles. The Labute approximate surface area is 128 Å². The normalized spacial score (nSPS) is 12.6. The highest BCUT2D eigenvalue weighted by Crippen LogP contribution is 2.33. The SMILES string of the molecule is CCCNC(CC)c1ccc(-c2ccc(Cl)c(F)c2)s1. The first-order chi connectivity index (χ1) is 9.65. The summed E-state index contributed by atoms with van der Waals surface area (Å²) in [4.78, 5) is 2.37. The predicted molar refractivity (Wildman–Crippen MR) is 86.0 cm³/mol. The molecule has 20 heavy (non-hydrogen) atoms. The van der Waals surface area contributed by atoms with Crippen molar-refractivity contribution in [3.8, 4) is 10.4 Å². The fourth-order valence-electron chi connectivity index (χ4n) is 2.11. The van der Waals surface area contributed by atoms with E-state index in [2.05, 4.69) is 31.3 Å². The zero-order valence-electron chi connectivity index (χ0n) is 11.7. The Kier molecular flexibility index (Phi) is 5.58. The van der Waals surface area contributed by atoms with E-state index in [4.69, 9.17) is 11.6 Å². The lowest BCUT2D eigenvalue weighted by Crippen LogP contribution is -2.20. The minimum absolute atomic E-state index is 0.168. The molecule has 0 aliphatic rings. The monoisotopic (exact) mass is 311 g/mol. The van der Waals surface area contributed by atoms with Gasteiger partial charge in [-0.3, -0.25) is 0 Å². The molecule has 1 aromatic carbocycles. The lowest BCUT2D eigenvalue weighted by atomic mass is 10.1. The molecule has 0 aliphatic carbocycles. The van der Waals surface area contributed by atoms with Crippen LogP contribution >= 0.6 is 22.9 Å². The first-order valence-electron chi connectivity index (χ1n) is 6.94. The van der Waals surface area contributed by atoms with Crippen molar-refractivity contribution < 1.29 is 4.39 Å². The van der Waals surface area contributed by atoms with Gasteiger partial charge < -0.3 is 5.32 Å². The summed E-state index contributed by atoms with van der Waals surface area (Å²) in [5, 5.41) is 3.70. The van der Waals surface area contributed by atoms with Gasteiger partial charge in [-0.25, -0.2) is 4.39 Å². The van der Waals surface area contributed by atoms with Crippen LogP contribution in [0.4, 0.5) is 4.39 Å². The second-order valence-electron chi connectivity index (χ2n) is 4.75. The molecule has 0 spiro atoms. The van der Waals surface area contributed by atoms with Crippen molar-refractivity contribution in [2.75, 3.05) is 6.54 Å². The van der Waals surface area contributed by atoms with E-state index in [1.165, 1.54) is 10.9 Å². The largest absolute Gasteiger partial charge is 0.309 e. The molecule has 0 fully saturated rings. The molecule has 2 aromatic rings. The molecular formula is C16H19ClFNS. The third-order valence-corrected chi connectivity index (χ3v) is 4.78. The van der Waals surface area contributed by atoms with Gasteiger partial charge in [-0.05, 0) is 49.2 Å². The van der Waals surface area contributed by atoms with E-state index >= 15 is 0 Å². The van der Waals surface area contributed by atoms with Crippen LogP contribution in [0.5, 0.6) is 0 Å². The Balaban J connectivity index is 2.20. The van der Waals surface area contributed by atoms with E-state index in [-0.39, 0.29) is 10.8 Å². The summed E-state index contributed by atoms with van der Waals surface area (Å²) < 4.78 is 13.5. The van der Waals surface area contributed by atoms with E-state index in [0.29, 0.717) is 6.04 Å². The smallest absolute Gasteiger partial charge is 0.142 e. The van der Waals surface area contributed by atoms with Gasteiger partial charge in [0.25, 0.3) is 0 Å². The predicted octanol–water partition coefficient (Wildman–Crippen LogP) is 5.66. The molecule has 1 atom stereocenters. The zero-order valence-corrected chi connectivity index (χ0v) is 13.3. The quantitative estimate of drug-likeness (QED) is 0.726. The first kappa shape index (κ1) is 15.5. The highest BCUT2D eigenvalue weighted by Gasteiger charge is 2.12. The van der Waals surface area contributed by atoms with Crippen molar-refractivity contribution in [3.63, 3.8) is 0 Å². The second kappa shape index (κ2) is 7.21. The number of hydrogen-bond donors (Lipinski definition) is 1. The molecule has 0 amide bonds. The number of halogens is 2. The molecule has 108 valence electrons. The van der Waals surface area contributed by atoms with Gasteiger partial charge in [0.1, 0.15) is 5.82 Å². The van der Waals surface area contributed by atoms with Crippen LogP contribution in [0.25, 0.3) is 10.4 Å². The molecule has 0 saturated carbocycles. The van der Waals surface area contributed by atoms with Crippen LogP contribution in [0.3, 0.4) is 0 Å². The third kappa shape index (κ3) is 3.60. The Bertz CT molecular complexity index is 567. The lowest BCUT2D eigenvalue weighted by Gasteiger charge is -2.14. The maximum Gasteiger partial charge on any atom is 0.142 e. The molecule has 4 heteroatoms.